The summed E-state index contributed by atoms with van der Waals surface area (Å²) < 4.78 is 2.35. The van der Waals surface area contributed by atoms with E-state index in [0.29, 0.717) is 17.1 Å². The lowest BCUT2D eigenvalue weighted by Gasteiger charge is -2.09. The van der Waals surface area contributed by atoms with Gasteiger partial charge in [0.25, 0.3) is 5.56 Å². The maximum absolute atomic E-state index is 12.8. The van der Waals surface area contributed by atoms with Gasteiger partial charge in [0.2, 0.25) is 0 Å². The molecule has 0 atom stereocenters. The Kier molecular flexibility index (Phi) is 4.57. The Morgan fingerprint density at radius 2 is 1.81 bits per heavy atom. The topological polar surface area (TPSA) is 47.8 Å². The molecule has 4 aromatic rings. The van der Waals surface area contributed by atoms with Crippen molar-refractivity contribution in [2.24, 2.45) is 0 Å². The van der Waals surface area contributed by atoms with Crippen LogP contribution in [0.2, 0.25) is 5.02 Å². The van der Waals surface area contributed by atoms with E-state index in [1.807, 2.05) is 49.4 Å². The van der Waals surface area contributed by atoms with Crippen molar-refractivity contribution in [3.05, 3.63) is 80.5 Å². The average Bonchev–Trinajstić information content (AvgIpc) is 3.05. The number of nitrogens with zero attached hydrogens (tertiary/aromatic N) is 3. The second kappa shape index (κ2) is 7.02. The minimum absolute atomic E-state index is 0.141. The third-order valence-corrected chi connectivity index (χ3v) is 5.41. The average molecular weight is 382 g/mol. The van der Waals surface area contributed by atoms with Gasteiger partial charge in [0, 0.05) is 17.1 Å². The molecule has 0 aliphatic rings. The molecule has 0 radical (unpaired) electrons. The molecule has 0 saturated heterocycles. The van der Waals surface area contributed by atoms with Gasteiger partial charge in [-0.25, -0.2) is 9.67 Å². The first-order valence-electron chi connectivity index (χ1n) is 8.30. The van der Waals surface area contributed by atoms with Gasteiger partial charge in [0.05, 0.1) is 9.71 Å². The molecular formula is C20H16ClN3OS. The second-order valence-corrected chi connectivity index (χ2v) is 7.67. The van der Waals surface area contributed by atoms with Crippen LogP contribution < -0.4 is 5.56 Å². The van der Waals surface area contributed by atoms with Gasteiger partial charge in [-0.15, -0.1) is 11.3 Å². The Balaban J connectivity index is 1.81. The summed E-state index contributed by atoms with van der Waals surface area (Å²) in [6.07, 6.45) is 0.739. The lowest BCUT2D eigenvalue weighted by molar-refractivity contribution is 0.586. The molecule has 0 spiro atoms. The van der Waals surface area contributed by atoms with Crippen molar-refractivity contribution in [1.82, 2.24) is 14.8 Å². The van der Waals surface area contributed by atoms with Gasteiger partial charge in [-0.2, -0.15) is 5.10 Å². The molecule has 4 nitrogen and oxygen atoms in total. The maximum Gasteiger partial charge on any atom is 0.294 e. The Bertz CT molecular complexity index is 1120. The zero-order valence-electron chi connectivity index (χ0n) is 14.1. The normalized spacial score (nSPS) is 11.2. The largest absolute Gasteiger partial charge is 0.294 e. The number of benzene rings is 2. The number of aryl methyl sites for hydroxylation is 3. The summed E-state index contributed by atoms with van der Waals surface area (Å²) in [5.74, 6) is 0. The van der Waals surface area contributed by atoms with Crippen LogP contribution in [0.4, 0.5) is 0 Å². The van der Waals surface area contributed by atoms with Crippen molar-refractivity contribution in [2.75, 3.05) is 0 Å². The Morgan fingerprint density at radius 1 is 1.08 bits per heavy atom. The molecule has 26 heavy (non-hydrogen) atoms. The fraction of sp³-hybridized carbons (Fsp3) is 0.150. The van der Waals surface area contributed by atoms with E-state index in [4.69, 9.17) is 11.6 Å². The zero-order chi connectivity index (χ0) is 18.1. The molecule has 2 aromatic heterocycles. The highest BCUT2D eigenvalue weighted by molar-refractivity contribution is 7.19. The Labute approximate surface area is 159 Å². The number of hydrogen-bond donors (Lipinski definition) is 0. The molecule has 0 amide bonds. The number of hydrogen-bond acceptors (Lipinski definition) is 4. The van der Waals surface area contributed by atoms with Crippen molar-refractivity contribution in [3.63, 3.8) is 0 Å². The highest BCUT2D eigenvalue weighted by Crippen LogP contribution is 2.30. The molecule has 0 aliphatic heterocycles. The fourth-order valence-electron chi connectivity index (χ4n) is 2.89. The smallest absolute Gasteiger partial charge is 0.265 e. The van der Waals surface area contributed by atoms with Gasteiger partial charge in [-0.05, 0) is 31.0 Å². The molecule has 0 saturated carbocycles. The molecule has 0 aliphatic carbocycles. The molecular weight excluding hydrogens is 366 g/mol. The Morgan fingerprint density at radius 3 is 2.54 bits per heavy atom. The molecule has 0 fully saturated rings. The van der Waals surface area contributed by atoms with E-state index in [1.165, 1.54) is 21.6 Å². The first-order valence-corrected chi connectivity index (χ1v) is 9.49. The summed E-state index contributed by atoms with van der Waals surface area (Å²) in [6, 6.07) is 17.6. The summed E-state index contributed by atoms with van der Waals surface area (Å²) in [4.78, 5) is 17.3. The van der Waals surface area contributed by atoms with E-state index in [1.54, 1.807) is 0 Å². The number of fused-ring (bicyclic) bond motifs is 1. The summed E-state index contributed by atoms with van der Waals surface area (Å²) in [5, 5.41) is 6.19. The summed E-state index contributed by atoms with van der Waals surface area (Å²) in [5.41, 5.74) is 3.22. The van der Waals surface area contributed by atoms with Gasteiger partial charge in [0.1, 0.15) is 5.69 Å². The van der Waals surface area contributed by atoms with Crippen LogP contribution in [-0.4, -0.2) is 14.8 Å². The SMILES string of the molecule is Cc1nc2c(=O)n(CCc3ccccc3)nc(-c3ccc(Cl)cc3)c2s1. The standard InChI is InChI=1S/C20H16ClN3OS/c1-13-22-18-19(26-13)17(15-7-9-16(21)10-8-15)23-24(20(18)25)12-11-14-5-3-2-4-6-14/h2-10H,11-12H2,1H3. The van der Waals surface area contributed by atoms with Crippen LogP contribution in [0.1, 0.15) is 10.6 Å². The van der Waals surface area contributed by atoms with E-state index in [9.17, 15) is 4.79 Å². The third-order valence-electron chi connectivity index (χ3n) is 4.18. The van der Waals surface area contributed by atoms with Gasteiger partial charge in [-0.1, -0.05) is 54.1 Å². The van der Waals surface area contributed by atoms with Gasteiger partial charge in [-0.3, -0.25) is 4.79 Å². The van der Waals surface area contributed by atoms with Crippen LogP contribution in [0.15, 0.2) is 59.4 Å². The first kappa shape index (κ1) is 16.9. The van der Waals surface area contributed by atoms with E-state index in [-0.39, 0.29) is 5.56 Å². The van der Waals surface area contributed by atoms with Crippen LogP contribution in [0, 0.1) is 6.92 Å². The minimum atomic E-state index is -0.141. The molecule has 6 heteroatoms. The van der Waals surface area contributed by atoms with Crippen LogP contribution in [-0.2, 0) is 13.0 Å². The van der Waals surface area contributed by atoms with E-state index < -0.39 is 0 Å². The molecule has 0 unspecified atom stereocenters. The third kappa shape index (κ3) is 3.28. The van der Waals surface area contributed by atoms with Crippen molar-refractivity contribution in [1.29, 1.82) is 0 Å². The number of thiazole rings is 1. The monoisotopic (exact) mass is 381 g/mol. The van der Waals surface area contributed by atoms with Crippen molar-refractivity contribution >= 4 is 33.2 Å². The fourth-order valence-corrected chi connectivity index (χ4v) is 3.94. The van der Waals surface area contributed by atoms with Crippen molar-refractivity contribution in [3.8, 4) is 11.3 Å². The van der Waals surface area contributed by atoms with Gasteiger partial charge >= 0.3 is 0 Å². The van der Waals surface area contributed by atoms with Crippen LogP contribution in [0.3, 0.4) is 0 Å². The highest BCUT2D eigenvalue weighted by atomic mass is 35.5. The highest BCUT2D eigenvalue weighted by Gasteiger charge is 2.16. The summed E-state index contributed by atoms with van der Waals surface area (Å²) in [7, 11) is 0. The molecule has 0 N–H and O–H groups in total. The summed E-state index contributed by atoms with van der Waals surface area (Å²) >= 11 is 7.51. The maximum atomic E-state index is 12.8. The van der Waals surface area contributed by atoms with Crippen molar-refractivity contribution < 1.29 is 0 Å². The van der Waals surface area contributed by atoms with Crippen LogP contribution in [0.5, 0.6) is 0 Å². The quantitative estimate of drug-likeness (QED) is 0.513. The number of halogens is 1. The van der Waals surface area contributed by atoms with Crippen molar-refractivity contribution in [2.45, 2.75) is 19.9 Å². The predicted molar refractivity (Wildman–Crippen MR) is 107 cm³/mol. The van der Waals surface area contributed by atoms with E-state index in [0.717, 1.165) is 27.4 Å². The molecule has 2 aromatic carbocycles. The lowest BCUT2D eigenvalue weighted by Crippen LogP contribution is -2.24. The molecule has 130 valence electrons. The predicted octanol–water partition coefficient (Wildman–Crippen LogP) is 4.72. The molecule has 0 bridgehead atoms. The minimum Gasteiger partial charge on any atom is -0.265 e. The molecule has 2 heterocycles. The first-order chi connectivity index (χ1) is 12.6. The van der Waals surface area contributed by atoms with E-state index >= 15 is 0 Å². The van der Waals surface area contributed by atoms with Gasteiger partial charge < -0.3 is 0 Å². The lowest BCUT2D eigenvalue weighted by atomic mass is 10.1. The second-order valence-electron chi connectivity index (χ2n) is 6.03. The molecule has 4 rings (SSSR count). The van der Waals surface area contributed by atoms with E-state index in [2.05, 4.69) is 22.2 Å². The van der Waals surface area contributed by atoms with Gasteiger partial charge in [0.15, 0.2) is 5.52 Å². The van der Waals surface area contributed by atoms with Crippen LogP contribution >= 0.6 is 22.9 Å². The Hall–Kier alpha value is -2.50. The number of aromatic nitrogens is 3. The van der Waals surface area contributed by atoms with Crippen LogP contribution in [0.25, 0.3) is 21.5 Å². The zero-order valence-corrected chi connectivity index (χ0v) is 15.7. The summed E-state index contributed by atoms with van der Waals surface area (Å²) in [6.45, 7) is 2.42. The number of rotatable bonds is 4.